The van der Waals surface area contributed by atoms with Crippen molar-refractivity contribution in [2.24, 2.45) is 0 Å². The van der Waals surface area contributed by atoms with Crippen LogP contribution in [-0.2, 0) is 4.74 Å². The van der Waals surface area contributed by atoms with Crippen molar-refractivity contribution in [3.8, 4) is 5.75 Å². The van der Waals surface area contributed by atoms with Gasteiger partial charge < -0.3 is 14.8 Å². The van der Waals surface area contributed by atoms with Gasteiger partial charge in [-0.2, -0.15) is 0 Å². The lowest BCUT2D eigenvalue weighted by atomic mass is 10.3. The average molecular weight is 264 g/mol. The van der Waals surface area contributed by atoms with E-state index >= 15 is 0 Å². The Hall–Kier alpha value is -0.480. The number of hydrogen-bond acceptors (Lipinski definition) is 3. The Balaban J connectivity index is 2.24. The highest BCUT2D eigenvalue weighted by atomic mass is 35.5. The van der Waals surface area contributed by atoms with E-state index in [0.717, 1.165) is 13.1 Å². The number of hydrogen-bond donors (Lipinski definition) is 1. The fraction of sp³-hybridized carbons (Fsp3) is 0.455. The molecule has 0 spiro atoms. The zero-order valence-corrected chi connectivity index (χ0v) is 10.6. The molecule has 5 heteroatoms. The van der Waals surface area contributed by atoms with Crippen LogP contribution in [0.25, 0.3) is 0 Å². The quantitative estimate of drug-likeness (QED) is 0.768. The summed E-state index contributed by atoms with van der Waals surface area (Å²) in [6, 6.07) is 5.33. The molecule has 1 N–H and O–H groups in total. The van der Waals surface area contributed by atoms with Crippen molar-refractivity contribution >= 4 is 23.2 Å². The van der Waals surface area contributed by atoms with Crippen LogP contribution in [0, 0.1) is 0 Å². The minimum atomic E-state index is 0.459. The molecule has 0 saturated carbocycles. The van der Waals surface area contributed by atoms with Gasteiger partial charge in [0.25, 0.3) is 0 Å². The molecule has 0 saturated heterocycles. The van der Waals surface area contributed by atoms with Gasteiger partial charge in [-0.25, -0.2) is 0 Å². The van der Waals surface area contributed by atoms with Crippen molar-refractivity contribution < 1.29 is 9.47 Å². The van der Waals surface area contributed by atoms with E-state index in [1.165, 1.54) is 0 Å². The van der Waals surface area contributed by atoms with Gasteiger partial charge in [0.2, 0.25) is 0 Å². The largest absolute Gasteiger partial charge is 0.491 e. The maximum absolute atomic E-state index is 5.96. The minimum absolute atomic E-state index is 0.459. The van der Waals surface area contributed by atoms with E-state index in [4.69, 9.17) is 32.7 Å². The molecule has 0 heterocycles. The van der Waals surface area contributed by atoms with Crippen LogP contribution in [0.5, 0.6) is 5.75 Å². The Morgan fingerprint density at radius 1 is 1.19 bits per heavy atom. The predicted octanol–water partition coefficient (Wildman–Crippen LogP) is 2.61. The van der Waals surface area contributed by atoms with Gasteiger partial charge in [-0.3, -0.25) is 0 Å². The number of ether oxygens (including phenoxy) is 2. The molecule has 0 aromatic heterocycles. The van der Waals surface area contributed by atoms with Crippen molar-refractivity contribution in [2.45, 2.75) is 0 Å². The summed E-state index contributed by atoms with van der Waals surface area (Å²) in [5.41, 5.74) is 0. The molecule has 0 fully saturated rings. The number of rotatable bonds is 7. The topological polar surface area (TPSA) is 30.5 Å². The van der Waals surface area contributed by atoms with Crippen LogP contribution in [0.15, 0.2) is 18.2 Å². The lowest BCUT2D eigenvalue weighted by Gasteiger charge is -2.09. The molecule has 0 aliphatic rings. The van der Waals surface area contributed by atoms with Gasteiger partial charge in [0.05, 0.1) is 11.6 Å². The summed E-state index contributed by atoms with van der Waals surface area (Å²) >= 11 is 11.8. The Bertz CT molecular complexity index is 321. The van der Waals surface area contributed by atoms with Crippen LogP contribution < -0.4 is 10.1 Å². The molecular formula is C11H15Cl2NO2. The molecule has 0 bridgehead atoms. The Morgan fingerprint density at radius 2 is 1.94 bits per heavy atom. The van der Waals surface area contributed by atoms with Gasteiger partial charge in [0, 0.05) is 20.2 Å². The number of nitrogens with one attached hydrogen (secondary N) is 1. The van der Waals surface area contributed by atoms with E-state index < -0.39 is 0 Å². The molecule has 1 aromatic carbocycles. The van der Waals surface area contributed by atoms with Gasteiger partial charge in [-0.15, -0.1) is 0 Å². The third kappa shape index (κ3) is 4.58. The summed E-state index contributed by atoms with van der Waals surface area (Å²) in [7, 11) is 1.67. The van der Waals surface area contributed by atoms with Gasteiger partial charge >= 0.3 is 0 Å². The van der Waals surface area contributed by atoms with E-state index in [9.17, 15) is 0 Å². The van der Waals surface area contributed by atoms with Crippen molar-refractivity contribution in [1.29, 1.82) is 0 Å². The van der Waals surface area contributed by atoms with Gasteiger partial charge in [-0.1, -0.05) is 29.3 Å². The van der Waals surface area contributed by atoms with Gasteiger partial charge in [-0.05, 0) is 12.1 Å². The van der Waals surface area contributed by atoms with Crippen LogP contribution in [0.4, 0.5) is 0 Å². The number of methoxy groups -OCH3 is 1. The molecule has 0 unspecified atom stereocenters. The summed E-state index contributed by atoms with van der Waals surface area (Å²) in [6.45, 7) is 2.79. The summed E-state index contributed by atoms with van der Waals surface area (Å²) in [5, 5.41) is 4.13. The SMILES string of the molecule is COCCNCCOc1cccc(Cl)c1Cl. The second-order valence-corrected chi connectivity index (χ2v) is 3.93. The standard InChI is InChI=1S/C11H15Cl2NO2/c1-15-7-5-14-6-8-16-10-4-2-3-9(12)11(10)13/h2-4,14H,5-8H2,1H3. The summed E-state index contributed by atoms with van der Waals surface area (Å²) in [6.07, 6.45) is 0. The molecule has 90 valence electrons. The average Bonchev–Trinajstić information content (AvgIpc) is 2.29. The molecule has 0 amide bonds. The third-order valence-electron chi connectivity index (χ3n) is 1.94. The van der Waals surface area contributed by atoms with E-state index in [2.05, 4.69) is 5.32 Å². The lowest BCUT2D eigenvalue weighted by Crippen LogP contribution is -2.24. The second kappa shape index (κ2) is 7.74. The Morgan fingerprint density at radius 3 is 2.69 bits per heavy atom. The maximum atomic E-state index is 5.96. The number of benzene rings is 1. The summed E-state index contributed by atoms with van der Waals surface area (Å²) in [5.74, 6) is 0.614. The van der Waals surface area contributed by atoms with Crippen LogP contribution in [0.3, 0.4) is 0 Å². The van der Waals surface area contributed by atoms with Crippen molar-refractivity contribution in [2.75, 3.05) is 33.4 Å². The van der Waals surface area contributed by atoms with Crippen molar-refractivity contribution in [1.82, 2.24) is 5.32 Å². The molecule has 1 aromatic rings. The lowest BCUT2D eigenvalue weighted by molar-refractivity contribution is 0.197. The van der Waals surface area contributed by atoms with E-state index in [0.29, 0.717) is 29.0 Å². The normalized spacial score (nSPS) is 10.4. The molecule has 0 atom stereocenters. The molecule has 16 heavy (non-hydrogen) atoms. The minimum Gasteiger partial charge on any atom is -0.491 e. The molecule has 0 aliphatic heterocycles. The van der Waals surface area contributed by atoms with E-state index in [1.807, 2.05) is 6.07 Å². The summed E-state index contributed by atoms with van der Waals surface area (Å²) in [4.78, 5) is 0. The van der Waals surface area contributed by atoms with Crippen LogP contribution in [0.1, 0.15) is 0 Å². The van der Waals surface area contributed by atoms with Crippen molar-refractivity contribution in [3.05, 3.63) is 28.2 Å². The molecular weight excluding hydrogens is 249 g/mol. The fourth-order valence-electron chi connectivity index (χ4n) is 1.13. The Labute approximate surface area is 106 Å². The zero-order valence-electron chi connectivity index (χ0n) is 9.13. The van der Waals surface area contributed by atoms with Crippen LogP contribution >= 0.6 is 23.2 Å². The van der Waals surface area contributed by atoms with E-state index in [1.54, 1.807) is 19.2 Å². The van der Waals surface area contributed by atoms with E-state index in [-0.39, 0.29) is 0 Å². The number of halogens is 2. The van der Waals surface area contributed by atoms with Crippen LogP contribution in [-0.4, -0.2) is 33.4 Å². The first-order valence-electron chi connectivity index (χ1n) is 5.02. The second-order valence-electron chi connectivity index (χ2n) is 3.14. The van der Waals surface area contributed by atoms with Gasteiger partial charge in [0.1, 0.15) is 17.4 Å². The zero-order chi connectivity index (χ0) is 11.8. The van der Waals surface area contributed by atoms with Crippen molar-refractivity contribution in [3.63, 3.8) is 0 Å². The summed E-state index contributed by atoms with van der Waals surface area (Å²) < 4.78 is 10.4. The molecule has 0 aliphatic carbocycles. The molecule has 1 rings (SSSR count). The van der Waals surface area contributed by atoms with Crippen LogP contribution in [0.2, 0.25) is 10.0 Å². The first kappa shape index (κ1) is 13.6. The maximum Gasteiger partial charge on any atom is 0.139 e. The monoisotopic (exact) mass is 263 g/mol. The first-order chi connectivity index (χ1) is 7.75. The fourth-order valence-corrected chi connectivity index (χ4v) is 1.47. The highest BCUT2D eigenvalue weighted by Crippen LogP contribution is 2.31. The first-order valence-corrected chi connectivity index (χ1v) is 5.77. The van der Waals surface area contributed by atoms with Gasteiger partial charge in [0.15, 0.2) is 0 Å². The highest BCUT2D eigenvalue weighted by Gasteiger charge is 2.04. The molecule has 0 radical (unpaired) electrons. The highest BCUT2D eigenvalue weighted by molar-refractivity contribution is 6.42. The predicted molar refractivity (Wildman–Crippen MR) is 66.7 cm³/mol. The Kier molecular flexibility index (Phi) is 6.57. The molecule has 3 nitrogen and oxygen atoms in total. The smallest absolute Gasteiger partial charge is 0.139 e. The third-order valence-corrected chi connectivity index (χ3v) is 2.74.